The van der Waals surface area contributed by atoms with Crippen molar-refractivity contribution in [3.63, 3.8) is 0 Å². The van der Waals surface area contributed by atoms with Gasteiger partial charge in [0.05, 0.1) is 25.3 Å². The molecule has 1 aliphatic heterocycles. The molecule has 0 amide bonds. The minimum absolute atomic E-state index is 0.143. The van der Waals surface area contributed by atoms with E-state index in [1.807, 2.05) is 36.4 Å². The molecular weight excluding hydrogens is 416 g/mol. The largest absolute Gasteiger partial charge is 0.497 e. The third kappa shape index (κ3) is 5.85. The smallest absolute Gasteiger partial charge is 0.135 e. The van der Waals surface area contributed by atoms with Crippen LogP contribution in [-0.2, 0) is 0 Å². The van der Waals surface area contributed by atoms with Crippen molar-refractivity contribution < 1.29 is 14.9 Å². The molecule has 3 atom stereocenters. The molecule has 0 unspecified atom stereocenters. The van der Waals surface area contributed by atoms with E-state index in [9.17, 15) is 10.2 Å². The number of fused-ring (bicyclic) bond motifs is 1. The van der Waals surface area contributed by atoms with Crippen molar-refractivity contribution in [3.8, 4) is 17.6 Å². The Hall–Kier alpha value is -3.05. The van der Waals surface area contributed by atoms with E-state index in [0.29, 0.717) is 24.6 Å². The van der Waals surface area contributed by atoms with Gasteiger partial charge in [0.1, 0.15) is 11.4 Å². The Kier molecular flexibility index (Phi) is 7.84. The molecular formula is C26H30N4O3. The van der Waals surface area contributed by atoms with Crippen molar-refractivity contribution in [3.05, 3.63) is 60.0 Å². The zero-order valence-corrected chi connectivity index (χ0v) is 18.9. The summed E-state index contributed by atoms with van der Waals surface area (Å²) in [6.45, 7) is 2.53. The molecule has 3 heterocycles. The first kappa shape index (κ1) is 23.1. The number of ether oxygens (including phenoxy) is 1. The van der Waals surface area contributed by atoms with Gasteiger partial charge in [-0.05, 0) is 85.5 Å². The van der Waals surface area contributed by atoms with Gasteiger partial charge in [0.25, 0.3) is 0 Å². The quantitative estimate of drug-likeness (QED) is 0.539. The number of hydrogen-bond acceptors (Lipinski definition) is 7. The van der Waals surface area contributed by atoms with Gasteiger partial charge in [-0.15, -0.1) is 5.10 Å². The predicted molar refractivity (Wildman–Crippen MR) is 127 cm³/mol. The van der Waals surface area contributed by atoms with Gasteiger partial charge in [-0.1, -0.05) is 5.92 Å². The number of aliphatic hydroxyl groups excluding tert-OH is 2. The number of likely N-dealkylation sites (tertiary alicyclic amines) is 1. The molecule has 0 aliphatic carbocycles. The first-order valence-corrected chi connectivity index (χ1v) is 11.4. The van der Waals surface area contributed by atoms with Gasteiger partial charge in [0, 0.05) is 30.9 Å². The van der Waals surface area contributed by atoms with Crippen LogP contribution in [0.1, 0.15) is 36.6 Å². The molecule has 3 aromatic rings. The third-order valence-corrected chi connectivity index (χ3v) is 6.45. The van der Waals surface area contributed by atoms with Crippen LogP contribution in [0.2, 0.25) is 0 Å². The number of nitrogens with zero attached hydrogens (tertiary/aromatic N) is 4. The van der Waals surface area contributed by atoms with E-state index in [-0.39, 0.29) is 12.5 Å². The Balaban J connectivity index is 1.34. The summed E-state index contributed by atoms with van der Waals surface area (Å²) < 4.78 is 5.35. The molecule has 1 fully saturated rings. The summed E-state index contributed by atoms with van der Waals surface area (Å²) in [6, 6.07) is 11.3. The van der Waals surface area contributed by atoms with Crippen LogP contribution in [0.15, 0.2) is 48.8 Å². The second-order valence-electron chi connectivity index (χ2n) is 8.51. The zero-order chi connectivity index (χ0) is 23.0. The summed E-state index contributed by atoms with van der Waals surface area (Å²) in [5.74, 6) is 7.51. The lowest BCUT2D eigenvalue weighted by Gasteiger charge is -2.37. The highest BCUT2D eigenvalue weighted by Gasteiger charge is 2.29. The van der Waals surface area contributed by atoms with Crippen molar-refractivity contribution in [1.29, 1.82) is 0 Å². The maximum atomic E-state index is 11.0. The topological polar surface area (TPSA) is 91.6 Å². The number of benzene rings is 1. The molecule has 2 aromatic heterocycles. The number of piperidine rings is 1. The van der Waals surface area contributed by atoms with Crippen molar-refractivity contribution in [1.82, 2.24) is 20.1 Å². The normalized spacial score (nSPS) is 19.6. The summed E-state index contributed by atoms with van der Waals surface area (Å²) in [7, 11) is 1.64. The molecule has 7 heteroatoms. The van der Waals surface area contributed by atoms with Crippen LogP contribution in [0.4, 0.5) is 0 Å². The minimum atomic E-state index is -0.585. The average Bonchev–Trinajstić information content (AvgIpc) is 2.87. The number of rotatable bonds is 7. The van der Waals surface area contributed by atoms with Crippen LogP contribution >= 0.6 is 0 Å². The lowest BCUT2D eigenvalue weighted by atomic mass is 9.81. The van der Waals surface area contributed by atoms with E-state index in [1.54, 1.807) is 19.5 Å². The molecule has 0 bridgehead atoms. The van der Waals surface area contributed by atoms with E-state index in [1.165, 1.54) is 0 Å². The fourth-order valence-corrected chi connectivity index (χ4v) is 4.59. The van der Waals surface area contributed by atoms with E-state index < -0.39 is 6.10 Å². The third-order valence-electron chi connectivity index (χ3n) is 6.45. The maximum absolute atomic E-state index is 11.0. The van der Waals surface area contributed by atoms with Crippen molar-refractivity contribution in [2.75, 3.05) is 33.4 Å². The Morgan fingerprint density at radius 1 is 1.21 bits per heavy atom. The zero-order valence-electron chi connectivity index (χ0n) is 18.9. The van der Waals surface area contributed by atoms with Crippen molar-refractivity contribution in [2.45, 2.75) is 25.4 Å². The highest BCUT2D eigenvalue weighted by atomic mass is 16.5. The number of aromatic nitrogens is 3. The van der Waals surface area contributed by atoms with Crippen molar-refractivity contribution in [2.24, 2.45) is 11.8 Å². The molecule has 1 aliphatic rings. The molecule has 7 nitrogen and oxygen atoms in total. The van der Waals surface area contributed by atoms with Crippen LogP contribution in [0.5, 0.6) is 5.75 Å². The number of aliphatic hydroxyl groups is 2. The molecule has 1 aromatic carbocycles. The molecule has 0 radical (unpaired) electrons. The summed E-state index contributed by atoms with van der Waals surface area (Å²) >= 11 is 0. The van der Waals surface area contributed by atoms with Gasteiger partial charge in [0.15, 0.2) is 0 Å². The highest BCUT2D eigenvalue weighted by Crippen LogP contribution is 2.33. The van der Waals surface area contributed by atoms with Gasteiger partial charge in [-0.2, -0.15) is 5.10 Å². The lowest BCUT2D eigenvalue weighted by molar-refractivity contribution is 0.0640. The Morgan fingerprint density at radius 2 is 2.12 bits per heavy atom. The van der Waals surface area contributed by atoms with Crippen molar-refractivity contribution >= 4 is 10.9 Å². The molecule has 4 rings (SSSR count). The molecule has 0 saturated carbocycles. The average molecular weight is 447 g/mol. The summed E-state index contributed by atoms with van der Waals surface area (Å²) in [5, 5.41) is 29.7. The number of hydrogen-bond donors (Lipinski definition) is 2. The fourth-order valence-electron chi connectivity index (χ4n) is 4.59. The van der Waals surface area contributed by atoms with Gasteiger partial charge in [0.2, 0.25) is 0 Å². The first-order chi connectivity index (χ1) is 16.2. The lowest BCUT2D eigenvalue weighted by Crippen LogP contribution is -2.42. The first-order valence-electron chi connectivity index (χ1n) is 11.4. The predicted octanol–water partition coefficient (Wildman–Crippen LogP) is 2.83. The summed E-state index contributed by atoms with van der Waals surface area (Å²) in [6.07, 6.45) is 5.27. The SMILES string of the molecule is COc1ccc2nccc([C@@H](O)CC[C@@H]3CCN(CC#Cc4cccnn4)C[C@@H]3CO)c2c1. The Morgan fingerprint density at radius 3 is 2.91 bits per heavy atom. The van der Waals surface area contributed by atoms with Crippen LogP contribution < -0.4 is 4.74 Å². The summed E-state index contributed by atoms with van der Waals surface area (Å²) in [4.78, 5) is 6.68. The van der Waals surface area contributed by atoms with Gasteiger partial charge >= 0.3 is 0 Å². The molecule has 2 N–H and O–H groups in total. The highest BCUT2D eigenvalue weighted by molar-refractivity contribution is 5.83. The molecule has 1 saturated heterocycles. The van der Waals surface area contributed by atoms with Crippen LogP contribution in [0.25, 0.3) is 10.9 Å². The number of pyridine rings is 1. The Labute approximate surface area is 194 Å². The van der Waals surface area contributed by atoms with E-state index >= 15 is 0 Å². The van der Waals surface area contributed by atoms with E-state index in [2.05, 4.69) is 31.9 Å². The van der Waals surface area contributed by atoms with Crippen LogP contribution in [0, 0.1) is 23.7 Å². The van der Waals surface area contributed by atoms with Crippen LogP contribution in [0.3, 0.4) is 0 Å². The van der Waals surface area contributed by atoms with E-state index in [0.717, 1.165) is 48.1 Å². The van der Waals surface area contributed by atoms with Gasteiger partial charge < -0.3 is 14.9 Å². The maximum Gasteiger partial charge on any atom is 0.135 e. The summed E-state index contributed by atoms with van der Waals surface area (Å²) in [5.41, 5.74) is 2.38. The second-order valence-corrected chi connectivity index (χ2v) is 8.51. The monoisotopic (exact) mass is 446 g/mol. The Bertz CT molecular complexity index is 1110. The standard InChI is InChI=1S/C26H30N4O3/c1-33-22-7-8-25-24(16-22)23(10-13-27-25)26(32)9-6-19-11-15-30(17-20(19)18-31)14-3-5-21-4-2-12-28-29-21/h2,4,7-8,10,12-13,16,19-20,26,31-32H,6,9,11,14-15,17-18H2,1H3/t19-,20-,26+/m1/s1. The molecule has 0 spiro atoms. The number of methoxy groups -OCH3 is 1. The van der Waals surface area contributed by atoms with E-state index in [4.69, 9.17) is 4.74 Å². The van der Waals surface area contributed by atoms with Gasteiger partial charge in [-0.25, -0.2) is 0 Å². The minimum Gasteiger partial charge on any atom is -0.497 e. The second kappa shape index (κ2) is 11.2. The molecule has 33 heavy (non-hydrogen) atoms. The molecule has 172 valence electrons. The van der Waals surface area contributed by atoms with Crippen LogP contribution in [-0.4, -0.2) is 63.6 Å². The van der Waals surface area contributed by atoms with Gasteiger partial charge in [-0.3, -0.25) is 9.88 Å². The fraction of sp³-hybridized carbons (Fsp3) is 0.423.